The van der Waals surface area contributed by atoms with Gasteiger partial charge in [-0.2, -0.15) is 0 Å². The van der Waals surface area contributed by atoms with Gasteiger partial charge in [-0.15, -0.1) is 11.3 Å². The first kappa shape index (κ1) is 24.0. The Morgan fingerprint density at radius 2 is 1.91 bits per heavy atom. The van der Waals surface area contributed by atoms with E-state index in [4.69, 9.17) is 4.74 Å². The number of carbonyl (C=O) groups is 3. The van der Waals surface area contributed by atoms with E-state index in [9.17, 15) is 14.4 Å². The Balaban J connectivity index is 1.80. The molecule has 1 atom stereocenters. The van der Waals surface area contributed by atoms with E-state index in [2.05, 4.69) is 30.5 Å². The first-order chi connectivity index (χ1) is 15.3. The molecule has 0 fully saturated rings. The molecule has 32 heavy (non-hydrogen) atoms. The second kappa shape index (κ2) is 10.8. The van der Waals surface area contributed by atoms with Gasteiger partial charge in [-0.1, -0.05) is 24.3 Å². The predicted octanol–water partition coefficient (Wildman–Crippen LogP) is 4.11. The summed E-state index contributed by atoms with van der Waals surface area (Å²) in [5.41, 5.74) is 3.43. The lowest BCUT2D eigenvalue weighted by molar-refractivity contribution is -0.147. The zero-order chi connectivity index (χ0) is 23.3. The number of aryl methyl sites for hydroxylation is 1. The topological polar surface area (TPSA) is 66.9 Å². The highest BCUT2D eigenvalue weighted by Gasteiger charge is 2.35. The molecular formula is C25H32N2O4S. The van der Waals surface area contributed by atoms with E-state index in [1.54, 1.807) is 23.2 Å². The van der Waals surface area contributed by atoms with Crippen molar-refractivity contribution in [3.63, 3.8) is 0 Å². The fourth-order valence-corrected chi connectivity index (χ4v) is 5.10. The summed E-state index contributed by atoms with van der Waals surface area (Å²) in [7, 11) is 0. The molecule has 1 aromatic heterocycles. The quantitative estimate of drug-likeness (QED) is 0.561. The van der Waals surface area contributed by atoms with E-state index in [-0.39, 0.29) is 43.3 Å². The lowest BCUT2D eigenvalue weighted by Gasteiger charge is -2.38. The summed E-state index contributed by atoms with van der Waals surface area (Å²) in [5.74, 6) is -0.674. The molecule has 0 spiro atoms. The largest absolute Gasteiger partial charge is 0.466 e. The molecule has 3 rings (SSSR count). The summed E-state index contributed by atoms with van der Waals surface area (Å²) in [6, 6.07) is 9.97. The van der Waals surface area contributed by atoms with Gasteiger partial charge in [0.15, 0.2) is 0 Å². The lowest BCUT2D eigenvalue weighted by atomic mass is 9.90. The van der Waals surface area contributed by atoms with Crippen molar-refractivity contribution in [2.75, 3.05) is 19.7 Å². The van der Waals surface area contributed by atoms with Gasteiger partial charge in [0.25, 0.3) is 0 Å². The van der Waals surface area contributed by atoms with Crippen molar-refractivity contribution in [1.82, 2.24) is 9.80 Å². The van der Waals surface area contributed by atoms with E-state index >= 15 is 0 Å². The van der Waals surface area contributed by atoms with E-state index in [1.807, 2.05) is 30.9 Å². The van der Waals surface area contributed by atoms with Crippen LogP contribution in [-0.4, -0.2) is 53.3 Å². The SMILES string of the molecule is CCOC(=O)CCC(=O)N(CC(=O)N1CCc2sccc2C1c1ccccc1C)C(C)C. The van der Waals surface area contributed by atoms with Gasteiger partial charge >= 0.3 is 5.97 Å². The van der Waals surface area contributed by atoms with Crippen LogP contribution in [0.15, 0.2) is 35.7 Å². The molecule has 0 saturated carbocycles. The van der Waals surface area contributed by atoms with Crippen LogP contribution in [0.1, 0.15) is 61.2 Å². The van der Waals surface area contributed by atoms with Crippen molar-refractivity contribution in [2.45, 2.75) is 59.0 Å². The molecule has 0 bridgehead atoms. The first-order valence-corrected chi connectivity index (χ1v) is 12.1. The van der Waals surface area contributed by atoms with Gasteiger partial charge in [-0.3, -0.25) is 14.4 Å². The third-order valence-corrected chi connectivity index (χ3v) is 6.86. The van der Waals surface area contributed by atoms with Crippen molar-refractivity contribution < 1.29 is 19.1 Å². The van der Waals surface area contributed by atoms with Crippen LogP contribution in [0.3, 0.4) is 0 Å². The van der Waals surface area contributed by atoms with Gasteiger partial charge in [-0.25, -0.2) is 0 Å². The van der Waals surface area contributed by atoms with Gasteiger partial charge in [0.1, 0.15) is 6.54 Å². The summed E-state index contributed by atoms with van der Waals surface area (Å²) in [6.07, 6.45) is 0.887. The number of benzene rings is 1. The molecule has 6 nitrogen and oxygen atoms in total. The van der Waals surface area contributed by atoms with Crippen molar-refractivity contribution in [3.05, 3.63) is 57.3 Å². The molecule has 0 N–H and O–H groups in total. The molecular weight excluding hydrogens is 424 g/mol. The summed E-state index contributed by atoms with van der Waals surface area (Å²) in [5, 5.41) is 2.09. The average Bonchev–Trinajstić information content (AvgIpc) is 3.24. The molecule has 172 valence electrons. The molecule has 1 aliphatic heterocycles. The van der Waals surface area contributed by atoms with Gasteiger partial charge < -0.3 is 14.5 Å². The number of amides is 2. The molecule has 1 aliphatic rings. The van der Waals surface area contributed by atoms with Crippen LogP contribution in [0.2, 0.25) is 0 Å². The van der Waals surface area contributed by atoms with Crippen LogP contribution in [0.4, 0.5) is 0 Å². The Morgan fingerprint density at radius 3 is 2.59 bits per heavy atom. The Hall–Kier alpha value is -2.67. The second-order valence-electron chi connectivity index (χ2n) is 8.32. The van der Waals surface area contributed by atoms with E-state index in [0.29, 0.717) is 13.2 Å². The van der Waals surface area contributed by atoms with Crippen molar-refractivity contribution >= 4 is 29.1 Å². The number of ether oxygens (including phenoxy) is 1. The second-order valence-corrected chi connectivity index (χ2v) is 9.32. The molecule has 0 saturated heterocycles. The minimum atomic E-state index is -0.392. The predicted molar refractivity (Wildman–Crippen MR) is 125 cm³/mol. The van der Waals surface area contributed by atoms with Crippen LogP contribution in [-0.2, 0) is 25.5 Å². The molecule has 0 radical (unpaired) electrons. The molecule has 1 aromatic carbocycles. The number of thiophene rings is 1. The summed E-state index contributed by atoms with van der Waals surface area (Å²) >= 11 is 1.73. The Morgan fingerprint density at radius 1 is 1.16 bits per heavy atom. The van der Waals surface area contributed by atoms with Crippen LogP contribution < -0.4 is 0 Å². The number of fused-ring (bicyclic) bond motifs is 1. The van der Waals surface area contributed by atoms with Gasteiger partial charge in [-0.05, 0) is 62.3 Å². The van der Waals surface area contributed by atoms with E-state index < -0.39 is 5.97 Å². The maximum atomic E-state index is 13.5. The maximum absolute atomic E-state index is 13.5. The maximum Gasteiger partial charge on any atom is 0.306 e. The molecule has 2 amide bonds. The number of rotatable bonds is 8. The third kappa shape index (κ3) is 5.38. The Labute approximate surface area is 194 Å². The van der Waals surface area contributed by atoms with E-state index in [0.717, 1.165) is 17.5 Å². The molecule has 2 heterocycles. The number of hydrogen-bond donors (Lipinski definition) is 0. The number of hydrogen-bond acceptors (Lipinski definition) is 5. The standard InChI is InChI=1S/C25H32N2O4S/c1-5-31-24(30)11-10-22(28)27(17(2)3)16-23(29)26-14-12-21-20(13-15-32-21)25(26)19-9-7-6-8-18(19)4/h6-9,13,15,17,25H,5,10-12,14,16H2,1-4H3. The van der Waals surface area contributed by atoms with Gasteiger partial charge in [0.2, 0.25) is 11.8 Å². The fraction of sp³-hybridized carbons (Fsp3) is 0.480. The number of nitrogens with zero attached hydrogens (tertiary/aromatic N) is 2. The Bertz CT molecular complexity index is 968. The summed E-state index contributed by atoms with van der Waals surface area (Å²) in [4.78, 5) is 42.8. The molecule has 0 aliphatic carbocycles. The summed E-state index contributed by atoms with van der Waals surface area (Å²) < 4.78 is 4.92. The monoisotopic (exact) mass is 456 g/mol. The van der Waals surface area contributed by atoms with Crippen LogP contribution in [0.25, 0.3) is 0 Å². The first-order valence-electron chi connectivity index (χ1n) is 11.2. The highest BCUT2D eigenvalue weighted by molar-refractivity contribution is 7.10. The highest BCUT2D eigenvalue weighted by atomic mass is 32.1. The van der Waals surface area contributed by atoms with Crippen molar-refractivity contribution in [2.24, 2.45) is 0 Å². The highest BCUT2D eigenvalue weighted by Crippen LogP contribution is 2.39. The third-order valence-electron chi connectivity index (χ3n) is 5.87. The lowest BCUT2D eigenvalue weighted by Crippen LogP contribution is -2.48. The zero-order valence-corrected chi connectivity index (χ0v) is 20.1. The number of carbonyl (C=O) groups excluding carboxylic acids is 3. The summed E-state index contributed by atoms with van der Waals surface area (Å²) in [6.45, 7) is 8.50. The van der Waals surface area contributed by atoms with Crippen molar-refractivity contribution in [3.8, 4) is 0 Å². The molecule has 1 unspecified atom stereocenters. The minimum absolute atomic E-state index is 0.00117. The van der Waals surface area contributed by atoms with Gasteiger partial charge in [0.05, 0.1) is 19.1 Å². The molecule has 7 heteroatoms. The van der Waals surface area contributed by atoms with Gasteiger partial charge in [0, 0.05) is 23.9 Å². The zero-order valence-electron chi connectivity index (χ0n) is 19.3. The Kier molecular flexibility index (Phi) is 8.07. The van der Waals surface area contributed by atoms with Crippen LogP contribution in [0.5, 0.6) is 0 Å². The minimum Gasteiger partial charge on any atom is -0.466 e. The normalized spacial score (nSPS) is 15.4. The van der Waals surface area contributed by atoms with Crippen molar-refractivity contribution in [1.29, 1.82) is 0 Å². The molecule has 2 aromatic rings. The van der Waals surface area contributed by atoms with Crippen LogP contribution >= 0.6 is 11.3 Å². The van der Waals surface area contributed by atoms with Crippen LogP contribution in [0, 0.1) is 6.92 Å². The van der Waals surface area contributed by atoms with E-state index in [1.165, 1.54) is 10.4 Å². The number of esters is 1. The fourth-order valence-electron chi connectivity index (χ4n) is 4.20. The smallest absolute Gasteiger partial charge is 0.306 e. The average molecular weight is 457 g/mol.